The summed E-state index contributed by atoms with van der Waals surface area (Å²) in [4.78, 5) is 0. The highest BCUT2D eigenvalue weighted by Crippen LogP contribution is 2.28. The molecule has 19 heavy (non-hydrogen) atoms. The number of rotatable bonds is 3. The fourth-order valence-corrected chi connectivity index (χ4v) is 2.65. The molecular formula is C15H19N3O. The Hall–Kier alpha value is -1.65. The van der Waals surface area contributed by atoms with Crippen LogP contribution in [0.5, 0.6) is 0 Å². The summed E-state index contributed by atoms with van der Waals surface area (Å²) in [6, 6.07) is 8.50. The highest BCUT2D eigenvalue weighted by molar-refractivity contribution is 5.31. The fourth-order valence-electron chi connectivity index (χ4n) is 2.65. The Morgan fingerprint density at radius 1 is 1.42 bits per heavy atom. The number of ether oxygens (including phenoxy) is 1. The lowest BCUT2D eigenvalue weighted by atomic mass is 9.97. The van der Waals surface area contributed by atoms with Crippen LogP contribution < -0.4 is 5.73 Å². The van der Waals surface area contributed by atoms with E-state index in [0.29, 0.717) is 6.54 Å². The van der Waals surface area contributed by atoms with Crippen molar-refractivity contribution in [3.8, 4) is 0 Å². The zero-order valence-electron chi connectivity index (χ0n) is 11.2. The molecule has 1 aromatic heterocycles. The Balaban J connectivity index is 1.86. The monoisotopic (exact) mass is 257 g/mol. The molecule has 4 nitrogen and oxygen atoms in total. The topological polar surface area (TPSA) is 53.1 Å². The summed E-state index contributed by atoms with van der Waals surface area (Å²) >= 11 is 0. The van der Waals surface area contributed by atoms with Crippen molar-refractivity contribution >= 4 is 0 Å². The van der Waals surface area contributed by atoms with Gasteiger partial charge >= 0.3 is 0 Å². The first kappa shape index (κ1) is 12.4. The van der Waals surface area contributed by atoms with Gasteiger partial charge in [-0.05, 0) is 24.5 Å². The SMILES string of the molecule is Cc1c(CN)cnn1CC1OCCc2ccccc21. The van der Waals surface area contributed by atoms with Gasteiger partial charge in [-0.2, -0.15) is 5.10 Å². The molecule has 1 aliphatic heterocycles. The van der Waals surface area contributed by atoms with E-state index in [1.807, 2.05) is 10.9 Å². The molecule has 0 saturated heterocycles. The first-order valence-electron chi connectivity index (χ1n) is 6.70. The lowest BCUT2D eigenvalue weighted by Gasteiger charge is -2.26. The molecule has 1 aromatic carbocycles. The van der Waals surface area contributed by atoms with E-state index < -0.39 is 0 Å². The van der Waals surface area contributed by atoms with Crippen molar-refractivity contribution in [2.75, 3.05) is 6.61 Å². The largest absolute Gasteiger partial charge is 0.371 e. The van der Waals surface area contributed by atoms with Crippen molar-refractivity contribution in [3.05, 3.63) is 52.8 Å². The molecule has 0 radical (unpaired) electrons. The van der Waals surface area contributed by atoms with Crippen molar-refractivity contribution in [3.63, 3.8) is 0 Å². The molecule has 1 atom stereocenters. The van der Waals surface area contributed by atoms with Crippen molar-refractivity contribution in [1.29, 1.82) is 0 Å². The molecule has 0 aliphatic carbocycles. The summed E-state index contributed by atoms with van der Waals surface area (Å²) in [5.41, 5.74) is 10.6. The molecule has 2 heterocycles. The Labute approximate surface area is 113 Å². The number of nitrogens with zero attached hydrogens (tertiary/aromatic N) is 2. The van der Waals surface area contributed by atoms with E-state index in [0.717, 1.165) is 30.8 Å². The second kappa shape index (κ2) is 5.15. The van der Waals surface area contributed by atoms with E-state index in [4.69, 9.17) is 10.5 Å². The minimum Gasteiger partial charge on any atom is -0.371 e. The van der Waals surface area contributed by atoms with Crippen molar-refractivity contribution in [2.24, 2.45) is 5.73 Å². The molecule has 0 saturated carbocycles. The highest BCUT2D eigenvalue weighted by Gasteiger charge is 2.21. The predicted molar refractivity (Wildman–Crippen MR) is 73.7 cm³/mol. The van der Waals surface area contributed by atoms with Crippen molar-refractivity contribution in [2.45, 2.75) is 32.5 Å². The molecule has 0 bridgehead atoms. The van der Waals surface area contributed by atoms with Gasteiger partial charge in [0.05, 0.1) is 19.3 Å². The summed E-state index contributed by atoms with van der Waals surface area (Å²) < 4.78 is 7.91. The van der Waals surface area contributed by atoms with Gasteiger partial charge in [0.1, 0.15) is 6.10 Å². The van der Waals surface area contributed by atoms with Crippen LogP contribution in [0.15, 0.2) is 30.5 Å². The van der Waals surface area contributed by atoms with Gasteiger partial charge in [0.2, 0.25) is 0 Å². The number of benzene rings is 1. The average molecular weight is 257 g/mol. The smallest absolute Gasteiger partial charge is 0.102 e. The van der Waals surface area contributed by atoms with Crippen LogP contribution in [0.4, 0.5) is 0 Å². The predicted octanol–water partition coefficient (Wildman–Crippen LogP) is 1.96. The Kier molecular flexibility index (Phi) is 3.36. The molecular weight excluding hydrogens is 238 g/mol. The molecule has 3 rings (SSSR count). The van der Waals surface area contributed by atoms with E-state index in [1.54, 1.807) is 0 Å². The first-order valence-corrected chi connectivity index (χ1v) is 6.70. The van der Waals surface area contributed by atoms with Crippen LogP contribution in [-0.4, -0.2) is 16.4 Å². The summed E-state index contributed by atoms with van der Waals surface area (Å²) in [6.07, 6.45) is 2.94. The quantitative estimate of drug-likeness (QED) is 0.914. The maximum Gasteiger partial charge on any atom is 0.102 e. The molecule has 4 heteroatoms. The van der Waals surface area contributed by atoms with Gasteiger partial charge in [0.25, 0.3) is 0 Å². The maximum atomic E-state index is 5.91. The molecule has 2 N–H and O–H groups in total. The van der Waals surface area contributed by atoms with E-state index in [9.17, 15) is 0 Å². The normalized spacial score (nSPS) is 18.3. The Morgan fingerprint density at radius 2 is 2.26 bits per heavy atom. The molecule has 0 fully saturated rings. The number of aromatic nitrogens is 2. The molecule has 0 spiro atoms. The van der Waals surface area contributed by atoms with Gasteiger partial charge < -0.3 is 10.5 Å². The first-order chi connectivity index (χ1) is 9.29. The van der Waals surface area contributed by atoms with Crippen LogP contribution in [0.25, 0.3) is 0 Å². The molecule has 1 aliphatic rings. The number of hydrogen-bond donors (Lipinski definition) is 1. The summed E-state index contributed by atoms with van der Waals surface area (Å²) in [7, 11) is 0. The number of hydrogen-bond acceptors (Lipinski definition) is 3. The third-order valence-electron chi connectivity index (χ3n) is 3.86. The third-order valence-corrected chi connectivity index (χ3v) is 3.86. The highest BCUT2D eigenvalue weighted by atomic mass is 16.5. The van der Waals surface area contributed by atoms with Crippen molar-refractivity contribution < 1.29 is 4.74 Å². The van der Waals surface area contributed by atoms with Crippen LogP contribution >= 0.6 is 0 Å². The van der Waals surface area contributed by atoms with Crippen LogP contribution in [0.2, 0.25) is 0 Å². The van der Waals surface area contributed by atoms with Crippen LogP contribution in [0, 0.1) is 6.92 Å². The molecule has 100 valence electrons. The lowest BCUT2D eigenvalue weighted by molar-refractivity contribution is 0.0279. The van der Waals surface area contributed by atoms with Gasteiger partial charge in [0.15, 0.2) is 0 Å². The summed E-state index contributed by atoms with van der Waals surface area (Å²) in [5.74, 6) is 0. The molecule has 2 aromatic rings. The fraction of sp³-hybridized carbons (Fsp3) is 0.400. The van der Waals surface area contributed by atoms with Crippen LogP contribution in [0.3, 0.4) is 0 Å². The van der Waals surface area contributed by atoms with Gasteiger partial charge in [-0.25, -0.2) is 0 Å². The zero-order valence-corrected chi connectivity index (χ0v) is 11.2. The average Bonchev–Trinajstić information content (AvgIpc) is 2.80. The summed E-state index contributed by atoms with van der Waals surface area (Å²) in [6.45, 7) is 4.13. The summed E-state index contributed by atoms with van der Waals surface area (Å²) in [5, 5.41) is 4.41. The molecule has 0 amide bonds. The number of fused-ring (bicyclic) bond motifs is 1. The Morgan fingerprint density at radius 3 is 3.05 bits per heavy atom. The van der Waals surface area contributed by atoms with E-state index in [1.165, 1.54) is 11.1 Å². The van der Waals surface area contributed by atoms with Gasteiger partial charge in [-0.15, -0.1) is 0 Å². The molecule has 1 unspecified atom stereocenters. The van der Waals surface area contributed by atoms with Gasteiger partial charge in [-0.1, -0.05) is 24.3 Å². The van der Waals surface area contributed by atoms with Crippen LogP contribution in [-0.2, 0) is 24.2 Å². The van der Waals surface area contributed by atoms with Crippen molar-refractivity contribution in [1.82, 2.24) is 9.78 Å². The van der Waals surface area contributed by atoms with Crippen LogP contribution in [0.1, 0.15) is 28.5 Å². The van der Waals surface area contributed by atoms with E-state index in [-0.39, 0.29) is 6.10 Å². The zero-order chi connectivity index (χ0) is 13.2. The number of nitrogens with two attached hydrogens (primary N) is 1. The van der Waals surface area contributed by atoms with Gasteiger partial charge in [0, 0.05) is 17.8 Å². The second-order valence-corrected chi connectivity index (χ2v) is 4.95. The second-order valence-electron chi connectivity index (χ2n) is 4.95. The minimum absolute atomic E-state index is 0.0918. The maximum absolute atomic E-state index is 5.91. The van der Waals surface area contributed by atoms with Gasteiger partial charge in [-0.3, -0.25) is 4.68 Å². The van der Waals surface area contributed by atoms with E-state index >= 15 is 0 Å². The minimum atomic E-state index is 0.0918. The standard InChI is InChI=1S/C15H19N3O/c1-11-13(8-16)9-17-18(11)10-15-14-5-3-2-4-12(14)6-7-19-15/h2-5,9,15H,6-8,10,16H2,1H3. The Bertz CT molecular complexity index is 577. The third kappa shape index (κ3) is 2.29. The van der Waals surface area contributed by atoms with E-state index in [2.05, 4.69) is 36.3 Å². The lowest BCUT2D eigenvalue weighted by Crippen LogP contribution is -2.21.